The molecular weight excluding hydrogens is 358 g/mol. The Labute approximate surface area is 155 Å². The van der Waals surface area contributed by atoms with Crippen LogP contribution in [0.2, 0.25) is 0 Å². The quantitative estimate of drug-likeness (QED) is 0.606. The number of amides is 1. The average Bonchev–Trinajstić information content (AvgIpc) is 3.11. The molecule has 1 amide bonds. The van der Waals surface area contributed by atoms with Crippen molar-refractivity contribution in [2.75, 3.05) is 33.6 Å². The predicted molar refractivity (Wildman–Crippen MR) is 97.7 cm³/mol. The highest BCUT2D eigenvalue weighted by molar-refractivity contribution is 7.86. The minimum Gasteiger partial charge on any atom is -0.493 e. The van der Waals surface area contributed by atoms with Crippen LogP contribution in [0.4, 0.5) is 0 Å². The van der Waals surface area contributed by atoms with Crippen LogP contribution in [-0.2, 0) is 26.2 Å². The maximum absolute atomic E-state index is 12.8. The van der Waals surface area contributed by atoms with Gasteiger partial charge in [-0.3, -0.25) is 4.79 Å². The van der Waals surface area contributed by atoms with Crippen LogP contribution in [-0.4, -0.2) is 52.9 Å². The lowest BCUT2D eigenvalue weighted by Crippen LogP contribution is -2.37. The standard InChI is InChI=1S/C18H27NO6S/c1-23-11-10-19(18(20)15-6-4-5-7-15)13-14-8-9-16(24-2)17(12-14)25-26(3,21)22/h8-9,12,15H,4-7,10-11,13H2,1-3H3. The molecule has 0 aliphatic heterocycles. The van der Waals surface area contributed by atoms with Crippen molar-refractivity contribution in [1.82, 2.24) is 4.90 Å². The van der Waals surface area contributed by atoms with Crippen molar-refractivity contribution in [3.63, 3.8) is 0 Å². The normalized spacial score (nSPS) is 15.0. The first kappa shape index (κ1) is 20.5. The Hall–Kier alpha value is -1.80. The van der Waals surface area contributed by atoms with Gasteiger partial charge in [0.15, 0.2) is 11.5 Å². The summed E-state index contributed by atoms with van der Waals surface area (Å²) in [5, 5.41) is 0. The summed E-state index contributed by atoms with van der Waals surface area (Å²) in [6.45, 7) is 1.30. The van der Waals surface area contributed by atoms with E-state index in [9.17, 15) is 13.2 Å². The molecule has 0 radical (unpaired) electrons. The van der Waals surface area contributed by atoms with Gasteiger partial charge in [0.05, 0.1) is 20.0 Å². The van der Waals surface area contributed by atoms with Crippen molar-refractivity contribution in [2.24, 2.45) is 5.92 Å². The molecule has 1 aromatic carbocycles. The van der Waals surface area contributed by atoms with Crippen LogP contribution in [0.5, 0.6) is 11.5 Å². The Bertz CT molecular complexity index is 712. The van der Waals surface area contributed by atoms with Gasteiger partial charge < -0.3 is 18.6 Å². The number of methoxy groups -OCH3 is 2. The third kappa shape index (κ3) is 5.88. The van der Waals surface area contributed by atoms with E-state index in [0.717, 1.165) is 37.5 Å². The number of ether oxygens (including phenoxy) is 2. The van der Waals surface area contributed by atoms with Gasteiger partial charge in [0.25, 0.3) is 0 Å². The molecule has 2 rings (SSSR count). The summed E-state index contributed by atoms with van der Waals surface area (Å²) in [6.07, 6.45) is 5.00. The van der Waals surface area contributed by atoms with E-state index in [1.807, 2.05) is 0 Å². The Kier molecular flexibility index (Phi) is 7.28. The van der Waals surface area contributed by atoms with Crippen LogP contribution in [0, 0.1) is 5.92 Å². The number of benzene rings is 1. The molecule has 8 heteroatoms. The molecule has 0 unspecified atom stereocenters. The van der Waals surface area contributed by atoms with Gasteiger partial charge in [-0.2, -0.15) is 8.42 Å². The van der Waals surface area contributed by atoms with E-state index in [2.05, 4.69) is 0 Å². The lowest BCUT2D eigenvalue weighted by atomic mass is 10.1. The number of carbonyl (C=O) groups excluding carboxylic acids is 1. The Morgan fingerprint density at radius 3 is 2.46 bits per heavy atom. The lowest BCUT2D eigenvalue weighted by Gasteiger charge is -2.26. The van der Waals surface area contributed by atoms with Gasteiger partial charge >= 0.3 is 10.1 Å². The minimum atomic E-state index is -3.68. The number of carbonyl (C=O) groups is 1. The van der Waals surface area contributed by atoms with Crippen LogP contribution in [0.15, 0.2) is 18.2 Å². The second kappa shape index (κ2) is 9.23. The zero-order chi connectivity index (χ0) is 19.2. The highest BCUT2D eigenvalue weighted by Gasteiger charge is 2.27. The molecule has 1 saturated carbocycles. The van der Waals surface area contributed by atoms with Crippen LogP contribution in [0.1, 0.15) is 31.2 Å². The van der Waals surface area contributed by atoms with Gasteiger partial charge in [-0.05, 0) is 30.5 Å². The Morgan fingerprint density at radius 1 is 1.19 bits per heavy atom. The predicted octanol–water partition coefficient (Wildman–Crippen LogP) is 2.20. The molecule has 0 N–H and O–H groups in total. The SMILES string of the molecule is COCCN(Cc1ccc(OC)c(OS(C)(=O)=O)c1)C(=O)C1CCCC1. The summed E-state index contributed by atoms with van der Waals surface area (Å²) in [5.74, 6) is 0.634. The highest BCUT2D eigenvalue weighted by Crippen LogP contribution is 2.31. The number of nitrogens with zero attached hydrogens (tertiary/aromatic N) is 1. The molecule has 1 aliphatic carbocycles. The molecule has 0 bridgehead atoms. The van der Waals surface area contributed by atoms with E-state index in [1.165, 1.54) is 7.11 Å². The first-order valence-corrected chi connectivity index (χ1v) is 10.5. The Morgan fingerprint density at radius 2 is 1.88 bits per heavy atom. The molecule has 0 aromatic heterocycles. The number of hydrogen-bond acceptors (Lipinski definition) is 6. The third-order valence-electron chi connectivity index (χ3n) is 4.42. The molecule has 0 atom stereocenters. The van der Waals surface area contributed by atoms with Crippen molar-refractivity contribution in [3.05, 3.63) is 23.8 Å². The van der Waals surface area contributed by atoms with Gasteiger partial charge in [-0.1, -0.05) is 18.9 Å². The zero-order valence-electron chi connectivity index (χ0n) is 15.6. The summed E-state index contributed by atoms with van der Waals surface area (Å²) < 4.78 is 38.2. The second-order valence-corrected chi connectivity index (χ2v) is 8.08. The summed E-state index contributed by atoms with van der Waals surface area (Å²) in [6, 6.07) is 5.04. The van der Waals surface area contributed by atoms with Crippen LogP contribution in [0.25, 0.3) is 0 Å². The van der Waals surface area contributed by atoms with E-state index in [4.69, 9.17) is 13.7 Å². The van der Waals surface area contributed by atoms with Gasteiger partial charge in [0, 0.05) is 26.1 Å². The van der Waals surface area contributed by atoms with E-state index in [1.54, 1.807) is 30.2 Å². The van der Waals surface area contributed by atoms with Crippen LogP contribution in [0.3, 0.4) is 0 Å². The van der Waals surface area contributed by atoms with Gasteiger partial charge in [-0.25, -0.2) is 0 Å². The molecule has 1 aromatic rings. The molecule has 0 spiro atoms. The third-order valence-corrected chi connectivity index (χ3v) is 4.91. The molecule has 7 nitrogen and oxygen atoms in total. The van der Waals surface area contributed by atoms with Crippen molar-refractivity contribution in [3.8, 4) is 11.5 Å². The fourth-order valence-electron chi connectivity index (χ4n) is 3.17. The van der Waals surface area contributed by atoms with E-state index >= 15 is 0 Å². The van der Waals surface area contributed by atoms with E-state index in [0.29, 0.717) is 25.4 Å². The molecular formula is C18H27NO6S. The Balaban J connectivity index is 2.20. The number of rotatable bonds is 9. The molecule has 26 heavy (non-hydrogen) atoms. The van der Waals surface area contributed by atoms with Crippen LogP contribution < -0.4 is 8.92 Å². The second-order valence-electron chi connectivity index (χ2n) is 6.51. The van der Waals surface area contributed by atoms with E-state index in [-0.39, 0.29) is 17.6 Å². The number of hydrogen-bond donors (Lipinski definition) is 0. The van der Waals surface area contributed by atoms with Crippen molar-refractivity contribution >= 4 is 16.0 Å². The van der Waals surface area contributed by atoms with Crippen molar-refractivity contribution in [2.45, 2.75) is 32.2 Å². The van der Waals surface area contributed by atoms with Crippen molar-refractivity contribution < 1.29 is 26.9 Å². The molecule has 0 saturated heterocycles. The largest absolute Gasteiger partial charge is 0.493 e. The summed E-state index contributed by atoms with van der Waals surface area (Å²) in [7, 11) is -0.635. The fraction of sp³-hybridized carbons (Fsp3) is 0.611. The average molecular weight is 385 g/mol. The monoisotopic (exact) mass is 385 g/mol. The van der Waals surface area contributed by atoms with Gasteiger partial charge in [0.1, 0.15) is 0 Å². The fourth-order valence-corrected chi connectivity index (χ4v) is 3.62. The smallest absolute Gasteiger partial charge is 0.306 e. The first-order valence-electron chi connectivity index (χ1n) is 8.68. The minimum absolute atomic E-state index is 0.0665. The molecule has 146 valence electrons. The topological polar surface area (TPSA) is 82.1 Å². The maximum Gasteiger partial charge on any atom is 0.306 e. The van der Waals surface area contributed by atoms with E-state index < -0.39 is 10.1 Å². The molecule has 0 heterocycles. The molecule has 1 fully saturated rings. The summed E-state index contributed by atoms with van der Waals surface area (Å²) in [4.78, 5) is 14.6. The first-order chi connectivity index (χ1) is 12.3. The highest BCUT2D eigenvalue weighted by atomic mass is 32.2. The van der Waals surface area contributed by atoms with Crippen LogP contribution >= 0.6 is 0 Å². The maximum atomic E-state index is 12.8. The van der Waals surface area contributed by atoms with Gasteiger partial charge in [-0.15, -0.1) is 0 Å². The van der Waals surface area contributed by atoms with Crippen molar-refractivity contribution in [1.29, 1.82) is 0 Å². The summed E-state index contributed by atoms with van der Waals surface area (Å²) in [5.41, 5.74) is 0.770. The molecule has 1 aliphatic rings. The zero-order valence-corrected chi connectivity index (χ0v) is 16.4. The van der Waals surface area contributed by atoms with Gasteiger partial charge in [0.2, 0.25) is 5.91 Å². The summed E-state index contributed by atoms with van der Waals surface area (Å²) >= 11 is 0. The lowest BCUT2D eigenvalue weighted by molar-refractivity contribution is -0.136.